The molecule has 1 aliphatic heterocycles. The van der Waals surface area contributed by atoms with Gasteiger partial charge in [0, 0.05) is 5.56 Å². The number of hydrogen-bond acceptors (Lipinski definition) is 6. The number of benzene rings is 2. The molecule has 0 aliphatic carbocycles. The Balaban J connectivity index is 1.62. The maximum atomic E-state index is 12.2. The lowest BCUT2D eigenvalue weighted by Crippen LogP contribution is -2.17. The summed E-state index contributed by atoms with van der Waals surface area (Å²) in [5.41, 5.74) is 3.74. The molecular weight excluding hydrogens is 360 g/mol. The van der Waals surface area contributed by atoms with Gasteiger partial charge in [0.05, 0.1) is 19.4 Å². The number of amides is 1. The van der Waals surface area contributed by atoms with E-state index in [4.69, 9.17) is 18.9 Å². The number of nitrogens with one attached hydrogen (secondary N) is 1. The van der Waals surface area contributed by atoms with Crippen molar-refractivity contribution in [2.75, 3.05) is 20.0 Å². The van der Waals surface area contributed by atoms with Crippen LogP contribution in [0.1, 0.15) is 42.6 Å². The molecule has 0 saturated carbocycles. The SMILES string of the molecule is CCCCOc1ccc(C=NNC(=O)c2ccc3c(c2)OCO3)cc1OCC. The molecule has 3 rings (SSSR count). The van der Waals surface area contributed by atoms with Crippen LogP contribution in [0.2, 0.25) is 0 Å². The number of hydrazone groups is 1. The van der Waals surface area contributed by atoms with Gasteiger partial charge in [0.2, 0.25) is 6.79 Å². The number of rotatable bonds is 9. The van der Waals surface area contributed by atoms with E-state index in [1.807, 2.05) is 25.1 Å². The molecular formula is C21H24N2O5. The average Bonchev–Trinajstić information content (AvgIpc) is 3.17. The zero-order valence-electron chi connectivity index (χ0n) is 16.1. The molecule has 0 unspecified atom stereocenters. The van der Waals surface area contributed by atoms with Crippen molar-refractivity contribution in [2.45, 2.75) is 26.7 Å². The Bertz CT molecular complexity index is 851. The molecule has 0 atom stereocenters. The van der Waals surface area contributed by atoms with Crippen LogP contribution in [0, 0.1) is 0 Å². The molecule has 0 bridgehead atoms. The third-order valence-electron chi connectivity index (χ3n) is 4.04. The lowest BCUT2D eigenvalue weighted by atomic mass is 10.2. The van der Waals surface area contributed by atoms with Crippen molar-refractivity contribution in [2.24, 2.45) is 5.10 Å². The smallest absolute Gasteiger partial charge is 0.271 e. The van der Waals surface area contributed by atoms with Gasteiger partial charge in [0.15, 0.2) is 23.0 Å². The van der Waals surface area contributed by atoms with Crippen molar-refractivity contribution in [1.82, 2.24) is 5.43 Å². The summed E-state index contributed by atoms with van der Waals surface area (Å²) in [6.45, 7) is 5.38. The number of unbranched alkanes of at least 4 members (excludes halogenated alkanes) is 1. The van der Waals surface area contributed by atoms with Crippen LogP contribution in [0.15, 0.2) is 41.5 Å². The van der Waals surface area contributed by atoms with Gasteiger partial charge in [0.1, 0.15) is 0 Å². The Morgan fingerprint density at radius 2 is 1.96 bits per heavy atom. The van der Waals surface area contributed by atoms with Crippen molar-refractivity contribution in [3.05, 3.63) is 47.5 Å². The van der Waals surface area contributed by atoms with Gasteiger partial charge in [-0.3, -0.25) is 4.79 Å². The minimum atomic E-state index is -0.334. The molecule has 0 fully saturated rings. The first-order chi connectivity index (χ1) is 13.7. The van der Waals surface area contributed by atoms with Crippen LogP contribution in [0.3, 0.4) is 0 Å². The van der Waals surface area contributed by atoms with Crippen molar-refractivity contribution in [1.29, 1.82) is 0 Å². The summed E-state index contributed by atoms with van der Waals surface area (Å²) in [6, 6.07) is 10.5. The second-order valence-electron chi connectivity index (χ2n) is 6.11. The van der Waals surface area contributed by atoms with E-state index < -0.39 is 0 Å². The molecule has 1 heterocycles. The zero-order chi connectivity index (χ0) is 19.8. The fraction of sp³-hybridized carbons (Fsp3) is 0.333. The average molecular weight is 384 g/mol. The van der Waals surface area contributed by atoms with Crippen LogP contribution in [-0.2, 0) is 0 Å². The largest absolute Gasteiger partial charge is 0.490 e. The maximum absolute atomic E-state index is 12.2. The van der Waals surface area contributed by atoms with E-state index in [0.29, 0.717) is 41.8 Å². The van der Waals surface area contributed by atoms with Crippen LogP contribution in [-0.4, -0.2) is 32.1 Å². The minimum Gasteiger partial charge on any atom is -0.490 e. The fourth-order valence-corrected chi connectivity index (χ4v) is 2.59. The first-order valence-electron chi connectivity index (χ1n) is 9.34. The molecule has 0 radical (unpaired) electrons. The Labute approximate surface area is 164 Å². The quantitative estimate of drug-likeness (QED) is 0.405. The van der Waals surface area contributed by atoms with Crippen molar-refractivity contribution in [3.8, 4) is 23.0 Å². The van der Waals surface area contributed by atoms with Gasteiger partial charge in [-0.15, -0.1) is 0 Å². The summed E-state index contributed by atoms with van der Waals surface area (Å²) in [7, 11) is 0. The highest BCUT2D eigenvalue weighted by atomic mass is 16.7. The van der Waals surface area contributed by atoms with Gasteiger partial charge in [-0.1, -0.05) is 13.3 Å². The van der Waals surface area contributed by atoms with Crippen LogP contribution in [0.5, 0.6) is 23.0 Å². The lowest BCUT2D eigenvalue weighted by molar-refractivity contribution is 0.0954. The molecule has 1 aliphatic rings. The summed E-state index contributed by atoms with van der Waals surface area (Å²) in [5, 5.41) is 4.02. The molecule has 1 N–H and O–H groups in total. The van der Waals surface area contributed by atoms with Gasteiger partial charge >= 0.3 is 0 Å². The standard InChI is InChI=1S/C21H24N2O5/c1-3-5-10-26-17-8-6-15(11-19(17)25-4-2)13-22-23-21(24)16-7-9-18-20(12-16)28-14-27-18/h6-9,11-13H,3-5,10,14H2,1-2H3,(H,23,24). The first-order valence-corrected chi connectivity index (χ1v) is 9.34. The monoisotopic (exact) mass is 384 g/mol. The summed E-state index contributed by atoms with van der Waals surface area (Å²) in [5.74, 6) is 2.21. The first kappa shape index (κ1) is 19.5. The highest BCUT2D eigenvalue weighted by Crippen LogP contribution is 2.32. The van der Waals surface area contributed by atoms with Crippen LogP contribution in [0.4, 0.5) is 0 Å². The molecule has 0 spiro atoms. The predicted molar refractivity (Wildman–Crippen MR) is 106 cm³/mol. The number of carbonyl (C=O) groups is 1. The van der Waals surface area contributed by atoms with Gasteiger partial charge < -0.3 is 18.9 Å². The second kappa shape index (κ2) is 9.64. The summed E-state index contributed by atoms with van der Waals surface area (Å²) < 4.78 is 21.9. The molecule has 7 nitrogen and oxygen atoms in total. The number of hydrogen-bond donors (Lipinski definition) is 1. The highest BCUT2D eigenvalue weighted by Gasteiger charge is 2.15. The lowest BCUT2D eigenvalue weighted by Gasteiger charge is -2.12. The normalized spacial score (nSPS) is 12.2. The summed E-state index contributed by atoms with van der Waals surface area (Å²) in [6.07, 6.45) is 3.61. The fourth-order valence-electron chi connectivity index (χ4n) is 2.59. The Morgan fingerprint density at radius 1 is 1.11 bits per heavy atom. The van der Waals surface area contributed by atoms with Crippen LogP contribution < -0.4 is 24.4 Å². The van der Waals surface area contributed by atoms with Gasteiger partial charge in [-0.2, -0.15) is 5.10 Å². The molecule has 0 aromatic heterocycles. The van der Waals surface area contributed by atoms with E-state index in [2.05, 4.69) is 17.5 Å². The van der Waals surface area contributed by atoms with E-state index >= 15 is 0 Å². The minimum absolute atomic E-state index is 0.166. The maximum Gasteiger partial charge on any atom is 0.271 e. The second-order valence-corrected chi connectivity index (χ2v) is 6.11. The number of ether oxygens (including phenoxy) is 4. The molecule has 148 valence electrons. The Hall–Kier alpha value is -3.22. The number of fused-ring (bicyclic) bond motifs is 1. The van der Waals surface area contributed by atoms with E-state index in [1.54, 1.807) is 24.4 Å². The van der Waals surface area contributed by atoms with Crippen molar-refractivity contribution < 1.29 is 23.7 Å². The van der Waals surface area contributed by atoms with E-state index in [1.165, 1.54) is 0 Å². The van der Waals surface area contributed by atoms with E-state index in [-0.39, 0.29) is 12.7 Å². The van der Waals surface area contributed by atoms with Crippen LogP contribution in [0.25, 0.3) is 0 Å². The molecule has 2 aromatic carbocycles. The van der Waals surface area contributed by atoms with Crippen molar-refractivity contribution in [3.63, 3.8) is 0 Å². The molecule has 1 amide bonds. The highest BCUT2D eigenvalue weighted by molar-refractivity contribution is 5.95. The number of nitrogens with zero attached hydrogens (tertiary/aromatic N) is 1. The third-order valence-corrected chi connectivity index (χ3v) is 4.04. The number of carbonyl (C=O) groups excluding carboxylic acids is 1. The van der Waals surface area contributed by atoms with Crippen LogP contribution >= 0.6 is 0 Å². The molecule has 7 heteroatoms. The third kappa shape index (κ3) is 4.94. The summed E-state index contributed by atoms with van der Waals surface area (Å²) >= 11 is 0. The molecule has 2 aromatic rings. The molecule has 0 saturated heterocycles. The van der Waals surface area contributed by atoms with Gasteiger partial charge in [0.25, 0.3) is 5.91 Å². The Morgan fingerprint density at radius 3 is 2.79 bits per heavy atom. The van der Waals surface area contributed by atoms with E-state index in [9.17, 15) is 4.79 Å². The summed E-state index contributed by atoms with van der Waals surface area (Å²) in [4.78, 5) is 12.2. The Kier molecular flexibility index (Phi) is 6.73. The predicted octanol–water partition coefficient (Wildman–Crippen LogP) is 3.76. The van der Waals surface area contributed by atoms with Gasteiger partial charge in [-0.05, 0) is 55.3 Å². The van der Waals surface area contributed by atoms with Crippen molar-refractivity contribution >= 4 is 12.1 Å². The topological polar surface area (TPSA) is 78.4 Å². The van der Waals surface area contributed by atoms with Gasteiger partial charge in [-0.25, -0.2) is 5.43 Å². The zero-order valence-corrected chi connectivity index (χ0v) is 16.1. The van der Waals surface area contributed by atoms with E-state index in [0.717, 1.165) is 18.4 Å². The molecule has 28 heavy (non-hydrogen) atoms.